The highest BCUT2D eigenvalue weighted by Gasteiger charge is 2.30. The summed E-state index contributed by atoms with van der Waals surface area (Å²) in [6.07, 6.45) is -4.61. The number of urea groups is 1. The van der Waals surface area contributed by atoms with Crippen LogP contribution in [0.25, 0.3) is 0 Å². The molecule has 1 aliphatic heterocycles. The van der Waals surface area contributed by atoms with Crippen LogP contribution in [0.3, 0.4) is 0 Å². The van der Waals surface area contributed by atoms with E-state index < -0.39 is 17.8 Å². The molecule has 2 aromatic carbocycles. The van der Waals surface area contributed by atoms with Crippen LogP contribution in [0.5, 0.6) is 5.75 Å². The minimum Gasteiger partial charge on any atom is -0.491 e. The molecule has 0 bridgehead atoms. The zero-order valence-electron chi connectivity index (χ0n) is 20.6. The van der Waals surface area contributed by atoms with Crippen LogP contribution in [0.1, 0.15) is 29.8 Å². The average molecular weight is 509 g/mol. The van der Waals surface area contributed by atoms with Gasteiger partial charge in [0.25, 0.3) is 5.91 Å². The summed E-state index contributed by atoms with van der Waals surface area (Å²) >= 11 is 0. The number of hydrogen-bond acceptors (Lipinski definition) is 5. The number of nitrogens with one attached hydrogen (secondary N) is 3. The van der Waals surface area contributed by atoms with Gasteiger partial charge in [0.1, 0.15) is 12.4 Å². The molecule has 0 aromatic heterocycles. The van der Waals surface area contributed by atoms with E-state index in [9.17, 15) is 22.8 Å². The summed E-state index contributed by atoms with van der Waals surface area (Å²) < 4.78 is 49.8. The van der Waals surface area contributed by atoms with Gasteiger partial charge >= 0.3 is 12.2 Å². The minimum absolute atomic E-state index is 0.00959. The Hall–Kier alpha value is -3.31. The standard InChI is InChI=1S/C25H31F3N4O4/c1-15-12-29-16(2)14-36-21-11-19(9-10-20(21)23(33)32(3)13-22(15)35-4)31-24(34)30-18-7-5-17(6-8-18)25(26,27)28/h5-11,15-16,22,29H,12-14H2,1-4H3,(H2,30,31,34)/t15-,16-,22+/m1/s1. The molecule has 0 saturated carbocycles. The van der Waals surface area contributed by atoms with Crippen molar-refractivity contribution in [2.75, 3.05) is 44.5 Å². The highest BCUT2D eigenvalue weighted by atomic mass is 19.4. The first-order valence-corrected chi connectivity index (χ1v) is 11.5. The average Bonchev–Trinajstić information content (AvgIpc) is 2.83. The normalized spacial score (nSPS) is 21.5. The molecule has 0 aliphatic carbocycles. The zero-order valence-corrected chi connectivity index (χ0v) is 20.6. The predicted molar refractivity (Wildman–Crippen MR) is 130 cm³/mol. The van der Waals surface area contributed by atoms with Crippen LogP contribution in [-0.2, 0) is 10.9 Å². The molecule has 2 aromatic rings. The van der Waals surface area contributed by atoms with Crippen LogP contribution in [0.2, 0.25) is 0 Å². The van der Waals surface area contributed by atoms with Gasteiger partial charge in [-0.15, -0.1) is 0 Å². The number of ether oxygens (including phenoxy) is 2. The topological polar surface area (TPSA) is 91.9 Å². The summed E-state index contributed by atoms with van der Waals surface area (Å²) in [5.74, 6) is 0.220. The second-order valence-electron chi connectivity index (χ2n) is 8.92. The van der Waals surface area contributed by atoms with Gasteiger partial charge in [0, 0.05) is 50.7 Å². The van der Waals surface area contributed by atoms with E-state index in [-0.39, 0.29) is 36.3 Å². The molecule has 0 saturated heterocycles. The molecule has 0 radical (unpaired) electrons. The van der Waals surface area contributed by atoms with Crippen molar-refractivity contribution >= 4 is 23.3 Å². The van der Waals surface area contributed by atoms with E-state index in [1.165, 1.54) is 12.1 Å². The second-order valence-corrected chi connectivity index (χ2v) is 8.92. The molecule has 0 unspecified atom stereocenters. The molecule has 0 spiro atoms. The third-order valence-corrected chi connectivity index (χ3v) is 5.96. The molecule has 3 amide bonds. The fourth-order valence-corrected chi connectivity index (χ4v) is 3.77. The monoisotopic (exact) mass is 508 g/mol. The highest BCUT2D eigenvalue weighted by molar-refractivity contribution is 6.01. The van der Waals surface area contributed by atoms with Gasteiger partial charge in [-0.25, -0.2) is 4.79 Å². The van der Waals surface area contributed by atoms with Gasteiger partial charge in [0.15, 0.2) is 0 Å². The van der Waals surface area contributed by atoms with Gasteiger partial charge in [0.2, 0.25) is 0 Å². The SMILES string of the molecule is CO[C@H]1CN(C)C(=O)c2ccc(NC(=O)Nc3ccc(C(F)(F)F)cc3)cc2OC[C@@H](C)NC[C@H]1C. The van der Waals surface area contributed by atoms with E-state index in [2.05, 4.69) is 22.9 Å². The highest BCUT2D eigenvalue weighted by Crippen LogP contribution is 2.30. The van der Waals surface area contributed by atoms with Gasteiger partial charge in [-0.3, -0.25) is 4.79 Å². The number of carbonyl (C=O) groups is 2. The maximum Gasteiger partial charge on any atom is 0.416 e. The third-order valence-electron chi connectivity index (χ3n) is 5.96. The van der Waals surface area contributed by atoms with E-state index in [4.69, 9.17) is 9.47 Å². The Kier molecular flexibility index (Phi) is 8.80. The van der Waals surface area contributed by atoms with Gasteiger partial charge in [-0.2, -0.15) is 13.2 Å². The Morgan fingerprint density at radius 2 is 1.75 bits per heavy atom. The van der Waals surface area contributed by atoms with Gasteiger partial charge in [-0.1, -0.05) is 6.92 Å². The number of amides is 3. The quantitative estimate of drug-likeness (QED) is 0.570. The van der Waals surface area contributed by atoms with E-state index in [0.29, 0.717) is 30.1 Å². The van der Waals surface area contributed by atoms with E-state index in [1.54, 1.807) is 37.3 Å². The first kappa shape index (κ1) is 27.3. The fraction of sp³-hybridized carbons (Fsp3) is 0.440. The number of alkyl halides is 3. The number of benzene rings is 2. The number of carbonyl (C=O) groups excluding carboxylic acids is 2. The van der Waals surface area contributed by atoms with Crippen molar-refractivity contribution in [2.45, 2.75) is 32.2 Å². The molecule has 3 N–H and O–H groups in total. The van der Waals surface area contributed by atoms with Gasteiger partial charge in [0.05, 0.1) is 17.2 Å². The summed E-state index contributed by atoms with van der Waals surface area (Å²) in [5, 5.41) is 8.50. The minimum atomic E-state index is -4.46. The number of hydrogen-bond donors (Lipinski definition) is 3. The van der Waals surface area contributed by atoms with Crippen LogP contribution in [0.15, 0.2) is 42.5 Å². The van der Waals surface area contributed by atoms with Crippen molar-refractivity contribution in [3.8, 4) is 5.75 Å². The summed E-state index contributed by atoms with van der Waals surface area (Å²) in [4.78, 5) is 27.2. The molecule has 1 heterocycles. The largest absolute Gasteiger partial charge is 0.491 e. The number of likely N-dealkylation sites (N-methyl/N-ethyl adjacent to an activating group) is 1. The zero-order chi connectivity index (χ0) is 26.5. The molecule has 8 nitrogen and oxygen atoms in total. The first-order chi connectivity index (χ1) is 17.0. The van der Waals surface area contributed by atoms with Crippen LogP contribution in [0, 0.1) is 5.92 Å². The van der Waals surface area contributed by atoms with Gasteiger partial charge in [-0.05, 0) is 49.2 Å². The number of fused-ring (bicyclic) bond motifs is 1. The van der Waals surface area contributed by atoms with Crippen LogP contribution in [-0.4, -0.2) is 62.8 Å². The first-order valence-electron chi connectivity index (χ1n) is 11.5. The molecule has 3 rings (SSSR count). The van der Waals surface area contributed by atoms with Crippen LogP contribution < -0.4 is 20.7 Å². The number of rotatable bonds is 3. The summed E-state index contributed by atoms with van der Waals surface area (Å²) in [7, 11) is 3.32. The third kappa shape index (κ3) is 7.11. The lowest BCUT2D eigenvalue weighted by molar-refractivity contribution is -0.137. The van der Waals surface area contributed by atoms with Crippen molar-refractivity contribution < 1.29 is 32.2 Å². The lowest BCUT2D eigenvalue weighted by atomic mass is 10.0. The lowest BCUT2D eigenvalue weighted by Gasteiger charge is -2.30. The van der Waals surface area contributed by atoms with Crippen LogP contribution >= 0.6 is 0 Å². The molecule has 196 valence electrons. The Labute approximate surface area is 208 Å². The molecular formula is C25H31F3N4O4. The Balaban J connectivity index is 1.76. The number of methoxy groups -OCH3 is 1. The molecule has 0 fully saturated rings. The second kappa shape index (κ2) is 11.6. The molecule has 11 heteroatoms. The number of anilines is 2. The van der Waals surface area contributed by atoms with Crippen molar-refractivity contribution in [1.82, 2.24) is 10.2 Å². The van der Waals surface area contributed by atoms with Gasteiger partial charge < -0.3 is 30.3 Å². The number of halogens is 3. The maximum absolute atomic E-state index is 13.2. The van der Waals surface area contributed by atoms with E-state index in [0.717, 1.165) is 12.1 Å². The fourth-order valence-electron chi connectivity index (χ4n) is 3.77. The maximum atomic E-state index is 13.2. The lowest BCUT2D eigenvalue weighted by Crippen LogP contribution is -2.44. The van der Waals surface area contributed by atoms with Crippen molar-refractivity contribution in [1.29, 1.82) is 0 Å². The Morgan fingerprint density at radius 3 is 2.39 bits per heavy atom. The smallest absolute Gasteiger partial charge is 0.416 e. The molecular weight excluding hydrogens is 477 g/mol. The van der Waals surface area contributed by atoms with E-state index >= 15 is 0 Å². The summed E-state index contributed by atoms with van der Waals surface area (Å²) in [6, 6.07) is 8.11. The van der Waals surface area contributed by atoms with Crippen LogP contribution in [0.4, 0.5) is 29.3 Å². The van der Waals surface area contributed by atoms with Crippen molar-refractivity contribution in [3.05, 3.63) is 53.6 Å². The molecule has 3 atom stereocenters. The van der Waals surface area contributed by atoms with Crippen molar-refractivity contribution in [2.24, 2.45) is 5.92 Å². The van der Waals surface area contributed by atoms with E-state index in [1.807, 2.05) is 6.92 Å². The predicted octanol–water partition coefficient (Wildman–Crippen LogP) is 4.44. The summed E-state index contributed by atoms with van der Waals surface area (Å²) in [5.41, 5.74) is 0.0722. The summed E-state index contributed by atoms with van der Waals surface area (Å²) in [6.45, 7) is 5.38. The Bertz CT molecular complexity index is 1060. The molecule has 36 heavy (non-hydrogen) atoms. The molecule has 1 aliphatic rings. The Morgan fingerprint density at radius 1 is 1.11 bits per heavy atom. The van der Waals surface area contributed by atoms with Crippen molar-refractivity contribution in [3.63, 3.8) is 0 Å². The number of nitrogens with zero attached hydrogens (tertiary/aromatic N) is 1.